The van der Waals surface area contributed by atoms with Crippen molar-refractivity contribution >= 4 is 31.6 Å². The molecule has 0 saturated carbocycles. The fraction of sp³-hybridized carbons (Fsp3) is 0.444. The largest absolute Gasteiger partial charge is 0.494 e. The average molecular weight is 445 g/mol. The van der Waals surface area contributed by atoms with Crippen molar-refractivity contribution < 1.29 is 17.5 Å². The van der Waals surface area contributed by atoms with Crippen molar-refractivity contribution in [1.29, 1.82) is 0 Å². The zero-order valence-electron chi connectivity index (χ0n) is 14.7. The number of rotatable bonds is 5. The van der Waals surface area contributed by atoms with E-state index in [1.165, 1.54) is 19.2 Å². The highest BCUT2D eigenvalue weighted by molar-refractivity contribution is 9.12. The summed E-state index contributed by atoms with van der Waals surface area (Å²) in [7, 11) is -2.23. The lowest BCUT2D eigenvalue weighted by molar-refractivity contribution is 0.295. The predicted octanol–water partition coefficient (Wildman–Crippen LogP) is 3.99. The SMILES string of the molecule is CCCCC1CC2C(=C(OC)C(Br)=CN2c2ccc(F)cc2)S(=O)(=O)N1. The van der Waals surface area contributed by atoms with E-state index in [-0.39, 0.29) is 16.8 Å². The molecule has 1 saturated heterocycles. The molecule has 0 radical (unpaired) electrons. The van der Waals surface area contributed by atoms with E-state index in [0.29, 0.717) is 16.7 Å². The molecule has 5 nitrogen and oxygen atoms in total. The summed E-state index contributed by atoms with van der Waals surface area (Å²) in [5.41, 5.74) is 0.729. The van der Waals surface area contributed by atoms with Gasteiger partial charge < -0.3 is 9.64 Å². The molecular weight excluding hydrogens is 423 g/mol. The van der Waals surface area contributed by atoms with Crippen LogP contribution in [-0.4, -0.2) is 27.6 Å². The highest BCUT2D eigenvalue weighted by Gasteiger charge is 2.44. The van der Waals surface area contributed by atoms with Crippen molar-refractivity contribution in [3.8, 4) is 0 Å². The summed E-state index contributed by atoms with van der Waals surface area (Å²) in [6, 6.07) is 5.51. The van der Waals surface area contributed by atoms with E-state index in [2.05, 4.69) is 27.6 Å². The van der Waals surface area contributed by atoms with Gasteiger partial charge in [-0.05, 0) is 53.0 Å². The molecule has 1 N–H and O–H groups in total. The van der Waals surface area contributed by atoms with E-state index in [1.807, 2.05) is 4.90 Å². The minimum atomic E-state index is -3.69. The Kier molecular flexibility index (Phi) is 5.74. The number of sulfonamides is 1. The number of halogens is 2. The summed E-state index contributed by atoms with van der Waals surface area (Å²) in [5, 5.41) is 0. The number of fused-ring (bicyclic) bond motifs is 1. The van der Waals surface area contributed by atoms with Crippen molar-refractivity contribution in [2.75, 3.05) is 12.0 Å². The van der Waals surface area contributed by atoms with Crippen LogP contribution in [0.2, 0.25) is 0 Å². The quantitative estimate of drug-likeness (QED) is 0.745. The molecule has 0 aromatic heterocycles. The van der Waals surface area contributed by atoms with Gasteiger partial charge in [0.1, 0.15) is 10.7 Å². The third-order valence-electron chi connectivity index (χ3n) is 4.69. The topological polar surface area (TPSA) is 58.6 Å². The van der Waals surface area contributed by atoms with Crippen LogP contribution >= 0.6 is 15.9 Å². The van der Waals surface area contributed by atoms with Crippen LogP contribution in [0.3, 0.4) is 0 Å². The Balaban J connectivity index is 2.06. The molecule has 1 aromatic rings. The molecule has 2 aliphatic heterocycles. The maximum Gasteiger partial charge on any atom is 0.242 e. The van der Waals surface area contributed by atoms with Gasteiger partial charge in [-0.2, -0.15) is 0 Å². The molecule has 0 amide bonds. The first-order valence-corrected chi connectivity index (χ1v) is 10.9. The molecule has 0 bridgehead atoms. The number of hydrogen-bond acceptors (Lipinski definition) is 4. The molecule has 0 spiro atoms. The number of anilines is 1. The third kappa shape index (κ3) is 3.68. The standard InChI is InChI=1S/C18H22BrFN2O3S/c1-3-4-5-13-10-16-18(26(23,24)21-13)17(25-2)15(19)11-22(16)14-8-6-12(20)7-9-14/h6-9,11,13,16,21H,3-5,10H2,1-2H3. The average Bonchev–Trinajstić information content (AvgIpc) is 2.60. The monoisotopic (exact) mass is 444 g/mol. The van der Waals surface area contributed by atoms with Gasteiger partial charge in [0.15, 0.2) is 5.76 Å². The Morgan fingerprint density at radius 1 is 1.35 bits per heavy atom. The second-order valence-corrected chi connectivity index (χ2v) is 9.01. The van der Waals surface area contributed by atoms with Gasteiger partial charge >= 0.3 is 0 Å². The lowest BCUT2D eigenvalue weighted by atomic mass is 9.98. The number of methoxy groups -OCH3 is 1. The van der Waals surface area contributed by atoms with E-state index in [4.69, 9.17) is 4.74 Å². The molecular formula is C18H22BrFN2O3S. The minimum Gasteiger partial charge on any atom is -0.494 e. The van der Waals surface area contributed by atoms with E-state index < -0.39 is 16.1 Å². The number of hydrogen-bond donors (Lipinski definition) is 1. The number of nitrogens with zero attached hydrogens (tertiary/aromatic N) is 1. The van der Waals surface area contributed by atoms with E-state index in [1.54, 1.807) is 18.3 Å². The zero-order valence-corrected chi connectivity index (χ0v) is 17.1. The molecule has 2 heterocycles. The smallest absolute Gasteiger partial charge is 0.242 e. The third-order valence-corrected chi connectivity index (χ3v) is 6.93. The van der Waals surface area contributed by atoms with Gasteiger partial charge in [-0.1, -0.05) is 19.8 Å². The molecule has 2 unspecified atom stereocenters. The van der Waals surface area contributed by atoms with Crippen LogP contribution in [-0.2, 0) is 14.8 Å². The van der Waals surface area contributed by atoms with Gasteiger partial charge in [0.05, 0.1) is 17.6 Å². The maximum atomic E-state index is 13.3. The van der Waals surface area contributed by atoms with Crippen LogP contribution in [0.4, 0.5) is 10.1 Å². The van der Waals surface area contributed by atoms with Crippen molar-refractivity contribution in [2.45, 2.75) is 44.7 Å². The van der Waals surface area contributed by atoms with Gasteiger partial charge in [0.25, 0.3) is 0 Å². The normalized spacial score (nSPS) is 24.9. The zero-order chi connectivity index (χ0) is 18.9. The van der Waals surface area contributed by atoms with Crippen LogP contribution < -0.4 is 9.62 Å². The first-order chi connectivity index (χ1) is 12.4. The Hall–Kier alpha value is -1.38. The fourth-order valence-corrected chi connectivity index (χ4v) is 5.99. The second kappa shape index (κ2) is 7.70. The molecule has 1 aromatic carbocycles. The number of benzene rings is 1. The summed E-state index contributed by atoms with van der Waals surface area (Å²) in [6.07, 6.45) is 5.16. The number of allylic oxidation sites excluding steroid dienone is 1. The number of nitrogens with one attached hydrogen (secondary N) is 1. The summed E-state index contributed by atoms with van der Waals surface area (Å²) < 4.78 is 47.9. The Morgan fingerprint density at radius 3 is 2.65 bits per heavy atom. The molecule has 1 fully saturated rings. The molecule has 142 valence electrons. The van der Waals surface area contributed by atoms with E-state index in [0.717, 1.165) is 24.9 Å². The van der Waals surface area contributed by atoms with Crippen LogP contribution in [0, 0.1) is 5.82 Å². The Bertz CT molecular complexity index is 836. The van der Waals surface area contributed by atoms with E-state index >= 15 is 0 Å². The van der Waals surface area contributed by atoms with Gasteiger partial charge in [-0.25, -0.2) is 17.5 Å². The summed E-state index contributed by atoms with van der Waals surface area (Å²) >= 11 is 3.41. The van der Waals surface area contributed by atoms with Crippen molar-refractivity contribution in [1.82, 2.24) is 4.72 Å². The van der Waals surface area contributed by atoms with Crippen molar-refractivity contribution in [3.63, 3.8) is 0 Å². The first kappa shape index (κ1) is 19.4. The van der Waals surface area contributed by atoms with Crippen LogP contribution in [0.1, 0.15) is 32.6 Å². The van der Waals surface area contributed by atoms with Crippen LogP contribution in [0.25, 0.3) is 0 Å². The molecule has 2 aliphatic rings. The molecule has 2 atom stereocenters. The predicted molar refractivity (Wildman–Crippen MR) is 104 cm³/mol. The van der Waals surface area contributed by atoms with Crippen molar-refractivity contribution in [3.05, 3.63) is 51.4 Å². The lowest BCUT2D eigenvalue weighted by Crippen LogP contribution is -2.52. The summed E-state index contributed by atoms with van der Waals surface area (Å²) in [6.45, 7) is 2.08. The maximum absolute atomic E-state index is 13.3. The lowest BCUT2D eigenvalue weighted by Gasteiger charge is -2.41. The van der Waals surface area contributed by atoms with Crippen LogP contribution in [0.15, 0.2) is 45.6 Å². The Labute approximate surface area is 162 Å². The second-order valence-electron chi connectivity index (χ2n) is 6.47. The van der Waals surface area contributed by atoms with Gasteiger partial charge in [0.2, 0.25) is 10.0 Å². The molecule has 3 rings (SSSR count). The Morgan fingerprint density at radius 2 is 2.04 bits per heavy atom. The molecule has 26 heavy (non-hydrogen) atoms. The van der Waals surface area contributed by atoms with Gasteiger partial charge in [-0.3, -0.25) is 0 Å². The summed E-state index contributed by atoms with van der Waals surface area (Å²) in [5.74, 6) is -0.0179. The van der Waals surface area contributed by atoms with Crippen molar-refractivity contribution in [2.24, 2.45) is 0 Å². The van der Waals surface area contributed by atoms with Gasteiger partial charge in [0, 0.05) is 17.9 Å². The van der Waals surface area contributed by atoms with E-state index in [9.17, 15) is 12.8 Å². The number of unbranched alkanes of at least 4 members (excludes halogenated alkanes) is 1. The molecule has 8 heteroatoms. The highest BCUT2D eigenvalue weighted by Crippen LogP contribution is 2.40. The minimum absolute atomic E-state index is 0.139. The molecule has 0 aliphatic carbocycles. The summed E-state index contributed by atoms with van der Waals surface area (Å²) in [4.78, 5) is 2.09. The van der Waals surface area contributed by atoms with Gasteiger partial charge in [-0.15, -0.1) is 0 Å². The number of ether oxygens (including phenoxy) is 1. The highest BCUT2D eigenvalue weighted by atomic mass is 79.9. The van der Waals surface area contributed by atoms with Crippen LogP contribution in [0.5, 0.6) is 0 Å². The first-order valence-electron chi connectivity index (χ1n) is 8.59. The fourth-order valence-electron chi connectivity index (χ4n) is 3.48.